The number of nitrogens with one attached hydrogen (secondary N) is 3. The molecule has 3 aliphatic rings. The largest absolute Gasteiger partial charge is 0.463 e. The fraction of sp³-hybridized carbons (Fsp3) is 0.393. The second kappa shape index (κ2) is 10.5. The molecule has 1 unspecified atom stereocenters. The van der Waals surface area contributed by atoms with Gasteiger partial charge in [0.25, 0.3) is 5.91 Å². The van der Waals surface area contributed by atoms with E-state index in [9.17, 15) is 14.4 Å². The lowest BCUT2D eigenvalue weighted by atomic mass is 9.95. The van der Waals surface area contributed by atoms with E-state index in [0.29, 0.717) is 42.0 Å². The summed E-state index contributed by atoms with van der Waals surface area (Å²) in [6.07, 6.45) is 4.25. The number of hydrogen-bond donors (Lipinski definition) is 3. The second-order valence-corrected chi connectivity index (χ2v) is 9.64. The van der Waals surface area contributed by atoms with Gasteiger partial charge >= 0.3 is 12.0 Å². The number of hydrogen-bond acceptors (Lipinski definition) is 5. The van der Waals surface area contributed by atoms with E-state index in [4.69, 9.17) is 4.74 Å². The molecule has 2 aromatic rings. The lowest BCUT2D eigenvalue weighted by molar-refractivity contribution is -0.139. The zero-order valence-electron chi connectivity index (χ0n) is 20.5. The van der Waals surface area contributed by atoms with E-state index >= 15 is 0 Å². The van der Waals surface area contributed by atoms with Gasteiger partial charge in [0.05, 0.1) is 18.2 Å². The maximum absolute atomic E-state index is 13.1. The minimum Gasteiger partial charge on any atom is -0.463 e. The number of ether oxygens (including phenoxy) is 1. The molecule has 3 N–H and O–H groups in total. The van der Waals surface area contributed by atoms with E-state index in [1.54, 1.807) is 6.92 Å². The number of nitrogens with zero attached hydrogens (tertiary/aromatic N) is 1. The molecule has 188 valence electrons. The van der Waals surface area contributed by atoms with Crippen LogP contribution in [0.5, 0.6) is 0 Å². The Morgan fingerprint density at radius 1 is 1.00 bits per heavy atom. The fourth-order valence-corrected chi connectivity index (χ4v) is 4.54. The van der Waals surface area contributed by atoms with Crippen LogP contribution in [0.4, 0.5) is 4.79 Å². The first-order valence-corrected chi connectivity index (χ1v) is 12.7. The van der Waals surface area contributed by atoms with Crippen molar-refractivity contribution in [1.82, 2.24) is 20.9 Å². The van der Waals surface area contributed by atoms with Crippen LogP contribution in [-0.2, 0) is 16.1 Å². The van der Waals surface area contributed by atoms with Crippen molar-refractivity contribution in [3.8, 4) is 0 Å². The smallest absolute Gasteiger partial charge is 0.338 e. The predicted octanol–water partition coefficient (Wildman–Crippen LogP) is 3.41. The van der Waals surface area contributed by atoms with Gasteiger partial charge in [-0.15, -0.1) is 0 Å². The summed E-state index contributed by atoms with van der Waals surface area (Å²) in [6.45, 7) is 3.08. The van der Waals surface area contributed by atoms with Crippen LogP contribution in [-0.4, -0.2) is 48.0 Å². The highest BCUT2D eigenvalue weighted by atomic mass is 16.5. The maximum Gasteiger partial charge on any atom is 0.338 e. The lowest BCUT2D eigenvalue weighted by Crippen LogP contribution is -2.48. The predicted molar refractivity (Wildman–Crippen MR) is 135 cm³/mol. The Morgan fingerprint density at radius 2 is 1.72 bits per heavy atom. The van der Waals surface area contributed by atoms with Crippen LogP contribution >= 0.6 is 0 Å². The molecule has 2 aromatic carbocycles. The third-order valence-corrected chi connectivity index (χ3v) is 6.72. The zero-order valence-corrected chi connectivity index (χ0v) is 20.5. The molecule has 2 fully saturated rings. The normalized spacial score (nSPS) is 19.5. The highest BCUT2D eigenvalue weighted by molar-refractivity contribution is 5.95. The van der Waals surface area contributed by atoms with Crippen molar-refractivity contribution in [3.63, 3.8) is 0 Å². The summed E-state index contributed by atoms with van der Waals surface area (Å²) >= 11 is 0. The van der Waals surface area contributed by atoms with E-state index in [2.05, 4.69) is 20.9 Å². The molecule has 2 aliphatic carbocycles. The summed E-state index contributed by atoms with van der Waals surface area (Å²) in [4.78, 5) is 40.3. The average Bonchev–Trinajstić information content (AvgIpc) is 3.80. The van der Waals surface area contributed by atoms with Crippen molar-refractivity contribution in [2.75, 3.05) is 13.2 Å². The van der Waals surface area contributed by atoms with Crippen LogP contribution in [0.3, 0.4) is 0 Å². The van der Waals surface area contributed by atoms with Gasteiger partial charge in [-0.1, -0.05) is 42.5 Å². The van der Waals surface area contributed by atoms with Crippen LogP contribution < -0.4 is 16.0 Å². The minimum absolute atomic E-state index is 0.0308. The molecule has 8 nitrogen and oxygen atoms in total. The molecule has 8 heteroatoms. The van der Waals surface area contributed by atoms with E-state index in [1.165, 1.54) is 0 Å². The number of benzene rings is 2. The third kappa shape index (κ3) is 5.76. The van der Waals surface area contributed by atoms with Gasteiger partial charge in [0.2, 0.25) is 0 Å². The molecular weight excluding hydrogens is 456 g/mol. The van der Waals surface area contributed by atoms with Gasteiger partial charge in [0, 0.05) is 36.4 Å². The summed E-state index contributed by atoms with van der Waals surface area (Å²) in [5, 5.41) is 8.79. The number of amides is 3. The first-order chi connectivity index (χ1) is 17.5. The number of rotatable bonds is 10. The summed E-state index contributed by atoms with van der Waals surface area (Å²) in [5.41, 5.74) is 3.56. The van der Waals surface area contributed by atoms with Crippen LogP contribution in [0.15, 0.2) is 65.9 Å². The molecule has 0 bridgehead atoms. The Hall–Kier alpha value is -3.65. The topological polar surface area (TPSA) is 99.8 Å². The molecule has 5 rings (SSSR count). The van der Waals surface area contributed by atoms with Gasteiger partial charge in [-0.2, -0.15) is 0 Å². The SMILES string of the molecule is CCOC(=O)C1=C(CN(Cc2ccc(C(=O)NC3CC3)cc2)C2CC2)NC(=O)NC1c1ccccc1. The Balaban J connectivity index is 1.38. The monoisotopic (exact) mass is 488 g/mol. The van der Waals surface area contributed by atoms with E-state index in [-0.39, 0.29) is 18.5 Å². The highest BCUT2D eigenvalue weighted by Crippen LogP contribution is 2.32. The van der Waals surface area contributed by atoms with Gasteiger partial charge < -0.3 is 20.7 Å². The summed E-state index contributed by atoms with van der Waals surface area (Å²) in [7, 11) is 0. The Bertz CT molecular complexity index is 1150. The number of urea groups is 1. The number of carbonyl (C=O) groups is 3. The van der Waals surface area contributed by atoms with Crippen LogP contribution in [0, 0.1) is 0 Å². The van der Waals surface area contributed by atoms with Gasteiger partial charge in [-0.25, -0.2) is 9.59 Å². The van der Waals surface area contributed by atoms with Gasteiger partial charge in [0.15, 0.2) is 0 Å². The molecular formula is C28H32N4O4. The van der Waals surface area contributed by atoms with E-state index in [0.717, 1.165) is 36.8 Å². The molecule has 1 heterocycles. The standard InChI is InChI=1S/C28H32N4O4/c1-2-36-27(34)24-23(30-28(35)31-25(24)19-6-4-3-5-7-19)17-32(22-14-15-22)16-18-8-10-20(11-9-18)26(33)29-21-12-13-21/h3-11,21-22,25H,2,12-17H2,1H3,(H,29,33)(H2,30,31,35). The minimum atomic E-state index is -0.584. The summed E-state index contributed by atoms with van der Waals surface area (Å²) < 4.78 is 5.40. The zero-order chi connectivity index (χ0) is 25.1. The molecule has 0 spiro atoms. The lowest BCUT2D eigenvalue weighted by Gasteiger charge is -2.32. The van der Waals surface area contributed by atoms with Crippen LogP contribution in [0.25, 0.3) is 0 Å². The van der Waals surface area contributed by atoms with Crippen molar-refractivity contribution in [1.29, 1.82) is 0 Å². The number of carbonyl (C=O) groups excluding carboxylic acids is 3. The molecule has 2 saturated carbocycles. The van der Waals surface area contributed by atoms with Crippen molar-refractivity contribution in [2.24, 2.45) is 0 Å². The molecule has 0 aromatic heterocycles. The van der Waals surface area contributed by atoms with Crippen molar-refractivity contribution < 1.29 is 19.1 Å². The third-order valence-electron chi connectivity index (χ3n) is 6.72. The number of esters is 1. The highest BCUT2D eigenvalue weighted by Gasteiger charge is 2.37. The van der Waals surface area contributed by atoms with Crippen molar-refractivity contribution in [3.05, 3.63) is 82.6 Å². The van der Waals surface area contributed by atoms with Crippen molar-refractivity contribution in [2.45, 2.75) is 57.3 Å². The van der Waals surface area contributed by atoms with Gasteiger partial charge in [-0.05, 0) is 55.9 Å². The van der Waals surface area contributed by atoms with Crippen molar-refractivity contribution >= 4 is 17.9 Å². The molecule has 1 atom stereocenters. The molecule has 3 amide bonds. The van der Waals surface area contributed by atoms with Gasteiger partial charge in [0.1, 0.15) is 0 Å². The molecule has 0 saturated heterocycles. The maximum atomic E-state index is 13.1. The summed E-state index contributed by atoms with van der Waals surface area (Å²) in [5.74, 6) is -0.465. The Kier molecular flexibility index (Phi) is 7.04. The molecule has 0 radical (unpaired) electrons. The van der Waals surface area contributed by atoms with Gasteiger partial charge in [-0.3, -0.25) is 9.69 Å². The quantitative estimate of drug-likeness (QED) is 0.445. The first-order valence-electron chi connectivity index (χ1n) is 12.7. The van der Waals surface area contributed by atoms with Crippen LogP contribution in [0.1, 0.15) is 60.1 Å². The molecule has 36 heavy (non-hydrogen) atoms. The Labute approximate surface area is 211 Å². The fourth-order valence-electron chi connectivity index (χ4n) is 4.54. The average molecular weight is 489 g/mol. The Morgan fingerprint density at radius 3 is 2.36 bits per heavy atom. The first kappa shape index (κ1) is 24.1. The molecule has 1 aliphatic heterocycles. The van der Waals surface area contributed by atoms with E-state index in [1.807, 2.05) is 54.6 Å². The second-order valence-electron chi connectivity index (χ2n) is 9.64. The van der Waals surface area contributed by atoms with Crippen LogP contribution in [0.2, 0.25) is 0 Å². The van der Waals surface area contributed by atoms with E-state index < -0.39 is 12.0 Å². The summed E-state index contributed by atoms with van der Waals surface area (Å²) in [6, 6.07) is 16.9.